The summed E-state index contributed by atoms with van der Waals surface area (Å²) in [5, 5.41) is 2.67. The van der Waals surface area contributed by atoms with Gasteiger partial charge in [0.2, 0.25) is 5.91 Å². The molecule has 1 N–H and O–H groups in total. The van der Waals surface area contributed by atoms with E-state index in [0.29, 0.717) is 6.54 Å². The first kappa shape index (κ1) is 11.4. The first-order valence-corrected chi connectivity index (χ1v) is 5.43. The van der Waals surface area contributed by atoms with Gasteiger partial charge in [-0.25, -0.2) is 0 Å². The summed E-state index contributed by atoms with van der Waals surface area (Å²) < 4.78 is 0. The van der Waals surface area contributed by atoms with E-state index in [2.05, 4.69) is 11.9 Å². The van der Waals surface area contributed by atoms with Gasteiger partial charge in [0.25, 0.3) is 5.91 Å². The third-order valence-corrected chi connectivity index (χ3v) is 2.71. The number of carbonyl (C=O) groups is 2. The monoisotopic (exact) mass is 230 g/mol. The molecule has 88 valence electrons. The molecule has 1 aliphatic heterocycles. The molecule has 0 saturated heterocycles. The number of nitrogens with zero attached hydrogens (tertiary/aromatic N) is 1. The highest BCUT2D eigenvalue weighted by atomic mass is 16.2. The third kappa shape index (κ3) is 1.93. The van der Waals surface area contributed by atoms with Crippen molar-refractivity contribution >= 4 is 17.5 Å². The van der Waals surface area contributed by atoms with Gasteiger partial charge in [-0.2, -0.15) is 0 Å². The molecule has 0 aromatic heterocycles. The first-order chi connectivity index (χ1) is 8.15. The van der Waals surface area contributed by atoms with Gasteiger partial charge < -0.3 is 10.2 Å². The Balaban J connectivity index is 2.41. The maximum atomic E-state index is 12.2. The Labute approximate surface area is 99.9 Å². The lowest BCUT2D eigenvalue weighted by Gasteiger charge is -2.15. The molecule has 0 bridgehead atoms. The van der Waals surface area contributed by atoms with Crippen LogP contribution < -0.4 is 10.2 Å². The van der Waals surface area contributed by atoms with Gasteiger partial charge >= 0.3 is 0 Å². The van der Waals surface area contributed by atoms with E-state index in [1.165, 1.54) is 6.92 Å². The Morgan fingerprint density at radius 3 is 2.88 bits per heavy atom. The number of anilines is 1. The van der Waals surface area contributed by atoms with Crippen LogP contribution in [0.3, 0.4) is 0 Å². The number of hydrogen-bond donors (Lipinski definition) is 1. The van der Waals surface area contributed by atoms with Gasteiger partial charge in [0, 0.05) is 24.7 Å². The number of carbonyl (C=O) groups excluding carboxylic acids is 2. The van der Waals surface area contributed by atoms with Crippen LogP contribution in [-0.2, 0) is 9.59 Å². The molecule has 4 heteroatoms. The summed E-state index contributed by atoms with van der Waals surface area (Å²) in [6, 6.07) is 6.90. The smallest absolute Gasteiger partial charge is 0.254 e. The minimum atomic E-state index is -0.566. The van der Waals surface area contributed by atoms with E-state index in [-0.39, 0.29) is 11.8 Å². The fraction of sp³-hybridized carbons (Fsp3) is 0.231. The Hall–Kier alpha value is -2.10. The summed E-state index contributed by atoms with van der Waals surface area (Å²) >= 11 is 0. The van der Waals surface area contributed by atoms with Crippen molar-refractivity contribution in [3.05, 3.63) is 42.5 Å². The van der Waals surface area contributed by atoms with Gasteiger partial charge in [0.1, 0.15) is 6.04 Å². The molecule has 1 aliphatic rings. The normalized spacial score (nSPS) is 17.8. The fourth-order valence-electron chi connectivity index (χ4n) is 2.05. The average molecular weight is 230 g/mol. The molecule has 17 heavy (non-hydrogen) atoms. The summed E-state index contributed by atoms with van der Waals surface area (Å²) in [5.41, 5.74) is 1.69. The van der Waals surface area contributed by atoms with Gasteiger partial charge in [0.05, 0.1) is 0 Å². The van der Waals surface area contributed by atoms with E-state index < -0.39 is 6.04 Å². The second-order valence-electron chi connectivity index (χ2n) is 3.93. The lowest BCUT2D eigenvalue weighted by molar-refractivity contribution is -0.126. The van der Waals surface area contributed by atoms with Crippen molar-refractivity contribution in [3.63, 3.8) is 0 Å². The van der Waals surface area contributed by atoms with Gasteiger partial charge in [-0.3, -0.25) is 9.59 Å². The van der Waals surface area contributed by atoms with Crippen molar-refractivity contribution in [2.75, 3.05) is 11.4 Å². The number of nitrogens with one attached hydrogen (secondary N) is 1. The average Bonchev–Trinajstić information content (AvgIpc) is 2.55. The van der Waals surface area contributed by atoms with Crippen LogP contribution >= 0.6 is 0 Å². The van der Waals surface area contributed by atoms with Gasteiger partial charge in [-0.05, 0) is 6.07 Å². The van der Waals surface area contributed by atoms with Crippen LogP contribution in [0.4, 0.5) is 5.69 Å². The minimum absolute atomic E-state index is 0.110. The van der Waals surface area contributed by atoms with Crippen LogP contribution in [-0.4, -0.2) is 18.4 Å². The lowest BCUT2D eigenvalue weighted by atomic mass is 10.1. The largest absolute Gasteiger partial charge is 0.341 e. The number of benzene rings is 1. The number of fused-ring (bicyclic) bond motifs is 1. The summed E-state index contributed by atoms with van der Waals surface area (Å²) in [5.74, 6) is -0.320. The molecule has 2 amide bonds. The molecular formula is C13H14N2O2. The maximum absolute atomic E-state index is 12.2. The standard InChI is InChI=1S/C13H14N2O2/c1-3-8-15-11-7-5-4-6-10(11)12(13(15)17)14-9(2)16/h3-7,12H,1,8H2,2H3,(H,14,16)/t12-/m0/s1. The second-order valence-corrected chi connectivity index (χ2v) is 3.93. The Morgan fingerprint density at radius 1 is 1.53 bits per heavy atom. The van der Waals surface area contributed by atoms with Crippen molar-refractivity contribution in [1.82, 2.24) is 5.32 Å². The molecule has 0 unspecified atom stereocenters. The van der Waals surface area contributed by atoms with E-state index >= 15 is 0 Å². The summed E-state index contributed by atoms with van der Waals surface area (Å²) in [7, 11) is 0. The van der Waals surface area contributed by atoms with Crippen molar-refractivity contribution in [2.45, 2.75) is 13.0 Å². The molecule has 2 rings (SSSR count). The maximum Gasteiger partial charge on any atom is 0.254 e. The first-order valence-electron chi connectivity index (χ1n) is 5.43. The molecule has 0 aliphatic carbocycles. The molecule has 1 aromatic carbocycles. The predicted octanol–water partition coefficient (Wildman–Crippen LogP) is 1.40. The van der Waals surface area contributed by atoms with E-state index in [1.807, 2.05) is 24.3 Å². The SMILES string of the molecule is C=CCN1C(=O)[C@@H](NC(C)=O)c2ccccc21. The van der Waals surface area contributed by atoms with Gasteiger partial charge in [-0.15, -0.1) is 6.58 Å². The molecular weight excluding hydrogens is 216 g/mol. The molecule has 0 fully saturated rings. The molecule has 0 saturated carbocycles. The van der Waals surface area contributed by atoms with Crippen LogP contribution in [0.2, 0.25) is 0 Å². The van der Waals surface area contributed by atoms with Crippen molar-refractivity contribution in [1.29, 1.82) is 0 Å². The van der Waals surface area contributed by atoms with E-state index in [9.17, 15) is 9.59 Å². The molecule has 1 atom stereocenters. The quantitative estimate of drug-likeness (QED) is 0.798. The van der Waals surface area contributed by atoms with Crippen LogP contribution in [0.25, 0.3) is 0 Å². The zero-order chi connectivity index (χ0) is 12.4. The third-order valence-electron chi connectivity index (χ3n) is 2.71. The lowest BCUT2D eigenvalue weighted by Crippen LogP contribution is -2.36. The highest BCUT2D eigenvalue weighted by molar-refractivity contribution is 6.06. The van der Waals surface area contributed by atoms with Crippen LogP contribution in [0.1, 0.15) is 18.5 Å². The zero-order valence-electron chi connectivity index (χ0n) is 9.64. The molecule has 4 nitrogen and oxygen atoms in total. The zero-order valence-corrected chi connectivity index (χ0v) is 9.64. The highest BCUT2D eigenvalue weighted by Crippen LogP contribution is 2.35. The summed E-state index contributed by atoms with van der Waals surface area (Å²) in [4.78, 5) is 24.9. The number of amides is 2. The van der Waals surface area contributed by atoms with Crippen molar-refractivity contribution in [2.24, 2.45) is 0 Å². The molecule has 0 spiro atoms. The van der Waals surface area contributed by atoms with Crippen molar-refractivity contribution in [3.8, 4) is 0 Å². The Kier molecular flexibility index (Phi) is 2.95. The highest BCUT2D eigenvalue weighted by Gasteiger charge is 2.36. The van der Waals surface area contributed by atoms with Crippen LogP contribution in [0, 0.1) is 0 Å². The topological polar surface area (TPSA) is 49.4 Å². The van der Waals surface area contributed by atoms with Crippen molar-refractivity contribution < 1.29 is 9.59 Å². The molecule has 0 radical (unpaired) electrons. The summed E-state index contributed by atoms with van der Waals surface area (Å²) in [6.45, 7) is 5.50. The van der Waals surface area contributed by atoms with Crippen LogP contribution in [0.5, 0.6) is 0 Å². The molecule has 1 aromatic rings. The van der Waals surface area contributed by atoms with Crippen LogP contribution in [0.15, 0.2) is 36.9 Å². The van der Waals surface area contributed by atoms with E-state index in [0.717, 1.165) is 11.3 Å². The van der Waals surface area contributed by atoms with E-state index in [1.54, 1.807) is 11.0 Å². The Morgan fingerprint density at radius 2 is 2.24 bits per heavy atom. The number of para-hydroxylation sites is 1. The van der Waals surface area contributed by atoms with Gasteiger partial charge in [-0.1, -0.05) is 24.3 Å². The minimum Gasteiger partial charge on any atom is -0.341 e. The number of rotatable bonds is 3. The molecule has 1 heterocycles. The predicted molar refractivity (Wildman–Crippen MR) is 65.5 cm³/mol. The Bertz CT molecular complexity index is 482. The second kappa shape index (κ2) is 4.41. The van der Waals surface area contributed by atoms with E-state index in [4.69, 9.17) is 0 Å². The number of hydrogen-bond acceptors (Lipinski definition) is 2. The fourth-order valence-corrected chi connectivity index (χ4v) is 2.05. The summed E-state index contributed by atoms with van der Waals surface area (Å²) in [6.07, 6.45) is 1.67. The van der Waals surface area contributed by atoms with Gasteiger partial charge in [0.15, 0.2) is 0 Å².